The van der Waals surface area contributed by atoms with E-state index in [1.165, 1.54) is 4.90 Å². The number of anilines is 1. The first kappa shape index (κ1) is 31.0. The minimum Gasteiger partial charge on any atom is -0.373 e. The number of rotatable bonds is 9. The highest BCUT2D eigenvalue weighted by molar-refractivity contribution is 7.91. The molecule has 2 unspecified atom stereocenters. The van der Waals surface area contributed by atoms with Crippen LogP contribution >= 0.6 is 0 Å². The molecule has 3 amide bonds. The molecule has 4 rings (SSSR count). The number of carbonyl (C=O) groups excluding carboxylic acids is 3. The lowest BCUT2D eigenvalue weighted by atomic mass is 9.85. The van der Waals surface area contributed by atoms with E-state index in [1.807, 2.05) is 6.92 Å². The van der Waals surface area contributed by atoms with Gasteiger partial charge in [0.1, 0.15) is 23.4 Å². The van der Waals surface area contributed by atoms with E-state index in [4.69, 9.17) is 0 Å². The normalized spacial score (nSPS) is 25.4. The van der Waals surface area contributed by atoms with Crippen LogP contribution in [0.5, 0.6) is 0 Å². The molecule has 1 aromatic rings. The van der Waals surface area contributed by atoms with Gasteiger partial charge in [0.15, 0.2) is 0 Å². The minimum atomic E-state index is -4.79. The fourth-order valence-electron chi connectivity index (χ4n) is 5.42. The Bertz CT molecular complexity index is 1330. The van der Waals surface area contributed by atoms with Crippen molar-refractivity contribution in [2.45, 2.75) is 95.3 Å². The Hall–Kier alpha value is -2.90. The molecule has 2 aliphatic carbocycles. The van der Waals surface area contributed by atoms with Gasteiger partial charge < -0.3 is 15.5 Å². The Labute approximate surface area is 236 Å². The largest absolute Gasteiger partial charge is 0.416 e. The van der Waals surface area contributed by atoms with Crippen molar-refractivity contribution < 1.29 is 40.4 Å². The number of amides is 3. The predicted octanol–water partition coefficient (Wildman–Crippen LogP) is 3.56. The van der Waals surface area contributed by atoms with E-state index in [1.54, 1.807) is 20.8 Å². The second kappa shape index (κ2) is 10.7. The highest BCUT2D eigenvalue weighted by Crippen LogP contribution is 2.47. The summed E-state index contributed by atoms with van der Waals surface area (Å²) in [6, 6.07) is -0.145. The van der Waals surface area contributed by atoms with Gasteiger partial charge in [-0.1, -0.05) is 34.1 Å². The van der Waals surface area contributed by atoms with Gasteiger partial charge in [0.05, 0.1) is 10.8 Å². The van der Waals surface area contributed by atoms with E-state index in [2.05, 4.69) is 15.4 Å². The van der Waals surface area contributed by atoms with Gasteiger partial charge in [-0.15, -0.1) is 0 Å². The Morgan fingerprint density at radius 2 is 1.76 bits per heavy atom. The maximum absolute atomic E-state index is 14.1. The molecule has 3 N–H and O–H groups in total. The quantitative estimate of drug-likeness (QED) is 0.371. The topological polar surface area (TPSA) is 125 Å². The third-order valence-electron chi connectivity index (χ3n) is 8.04. The van der Waals surface area contributed by atoms with Crippen molar-refractivity contribution in [3.8, 4) is 0 Å². The molecule has 0 spiro atoms. The van der Waals surface area contributed by atoms with Crippen molar-refractivity contribution in [3.05, 3.63) is 29.6 Å². The number of sulfonamides is 1. The summed E-state index contributed by atoms with van der Waals surface area (Å²) in [4.78, 5) is 41.7. The van der Waals surface area contributed by atoms with Crippen molar-refractivity contribution in [2.75, 3.05) is 11.9 Å². The number of halogens is 4. The number of benzene rings is 1. The van der Waals surface area contributed by atoms with Gasteiger partial charge in [0, 0.05) is 12.2 Å². The summed E-state index contributed by atoms with van der Waals surface area (Å²) in [6.45, 7) is 7.07. The van der Waals surface area contributed by atoms with E-state index < -0.39 is 73.6 Å². The average Bonchev–Trinajstić information content (AvgIpc) is 3.77. The zero-order chi connectivity index (χ0) is 30.5. The molecule has 228 valence electrons. The maximum atomic E-state index is 14.1. The molecule has 0 radical (unpaired) electrons. The van der Waals surface area contributed by atoms with Crippen molar-refractivity contribution in [3.63, 3.8) is 0 Å². The monoisotopic (exact) mass is 604 g/mol. The summed E-state index contributed by atoms with van der Waals surface area (Å²) in [5.74, 6) is -3.36. The molecular weight excluding hydrogens is 568 g/mol. The van der Waals surface area contributed by atoms with Crippen LogP contribution in [0.3, 0.4) is 0 Å². The molecule has 4 atom stereocenters. The number of hydrogen-bond donors (Lipinski definition) is 3. The van der Waals surface area contributed by atoms with Crippen molar-refractivity contribution in [1.29, 1.82) is 0 Å². The molecule has 41 heavy (non-hydrogen) atoms. The number of nitrogens with zero attached hydrogens (tertiary/aromatic N) is 1. The fourth-order valence-corrected chi connectivity index (χ4v) is 6.78. The smallest absolute Gasteiger partial charge is 0.373 e. The number of hydrogen-bond acceptors (Lipinski definition) is 6. The van der Waals surface area contributed by atoms with E-state index in [-0.39, 0.29) is 31.0 Å². The lowest BCUT2D eigenvalue weighted by Crippen LogP contribution is -2.58. The molecule has 1 aliphatic heterocycles. The van der Waals surface area contributed by atoms with Gasteiger partial charge >= 0.3 is 6.18 Å². The fraction of sp³-hybridized carbons (Fsp3) is 0.667. The van der Waals surface area contributed by atoms with Crippen LogP contribution < -0.4 is 15.4 Å². The summed E-state index contributed by atoms with van der Waals surface area (Å²) in [5, 5.41) is 4.87. The third kappa shape index (κ3) is 6.62. The lowest BCUT2D eigenvalue weighted by molar-refractivity contribution is -0.141. The van der Waals surface area contributed by atoms with Gasteiger partial charge in [-0.05, 0) is 61.6 Å². The van der Waals surface area contributed by atoms with Crippen LogP contribution in [0, 0.1) is 17.2 Å². The van der Waals surface area contributed by atoms with E-state index >= 15 is 0 Å². The SMILES string of the molecule is CCC1C[C@]1(NC(=O)C1CCCN1C(=O)[C@@H](Nc1cc(F)cc(C(F)(F)F)c1)C(C)(C)C)C(=O)NS(=O)(=O)C1CC1. The minimum absolute atomic E-state index is 0.189. The van der Waals surface area contributed by atoms with Gasteiger partial charge in [0.25, 0.3) is 5.91 Å². The zero-order valence-electron chi connectivity index (χ0n) is 23.4. The number of likely N-dealkylation sites (tertiary alicyclic amines) is 1. The molecule has 3 aliphatic rings. The third-order valence-corrected chi connectivity index (χ3v) is 9.85. The Morgan fingerprint density at radius 3 is 2.29 bits per heavy atom. The van der Waals surface area contributed by atoms with Gasteiger partial charge in [-0.2, -0.15) is 13.2 Å². The summed E-state index contributed by atoms with van der Waals surface area (Å²) in [6.07, 6.45) is -2.34. The molecule has 3 fully saturated rings. The van der Waals surface area contributed by atoms with Crippen LogP contribution in [0.4, 0.5) is 23.2 Å². The second-order valence-electron chi connectivity index (χ2n) is 12.3. The molecule has 1 heterocycles. The van der Waals surface area contributed by atoms with Crippen molar-refractivity contribution in [2.24, 2.45) is 11.3 Å². The highest BCUT2D eigenvalue weighted by Gasteiger charge is 2.62. The van der Waals surface area contributed by atoms with Crippen LogP contribution in [0.15, 0.2) is 18.2 Å². The number of carbonyl (C=O) groups is 3. The van der Waals surface area contributed by atoms with Gasteiger partial charge in [-0.25, -0.2) is 12.8 Å². The molecule has 0 aromatic heterocycles. The van der Waals surface area contributed by atoms with E-state index in [0.29, 0.717) is 31.7 Å². The van der Waals surface area contributed by atoms with Gasteiger partial charge in [-0.3, -0.25) is 19.1 Å². The predicted molar refractivity (Wildman–Crippen MR) is 142 cm³/mol. The summed E-state index contributed by atoms with van der Waals surface area (Å²) in [5.41, 5.74) is -3.70. The lowest BCUT2D eigenvalue weighted by Gasteiger charge is -2.36. The summed E-state index contributed by atoms with van der Waals surface area (Å²) < 4.78 is 80.8. The standard InChI is InChI=1S/C27H36F4N4O5S/c1-5-15-14-26(15,24(38)34-41(39,40)19-8-9-19)33-22(36)20-7-6-10-35(20)23(37)21(25(2,3)4)32-18-12-16(27(29,30)31)11-17(28)13-18/h11-13,15,19-21,32H,5-10,14H2,1-4H3,(H,33,36)(H,34,38)/t15?,20?,21-,26-/m1/s1. The highest BCUT2D eigenvalue weighted by atomic mass is 32.2. The van der Waals surface area contributed by atoms with Crippen LogP contribution in [-0.2, 0) is 30.6 Å². The van der Waals surface area contributed by atoms with Crippen LogP contribution in [0.25, 0.3) is 0 Å². The first-order valence-corrected chi connectivity index (χ1v) is 15.3. The van der Waals surface area contributed by atoms with E-state index in [0.717, 1.165) is 12.1 Å². The molecule has 1 saturated heterocycles. The first-order chi connectivity index (χ1) is 18.9. The molecule has 0 bridgehead atoms. The maximum Gasteiger partial charge on any atom is 0.416 e. The van der Waals surface area contributed by atoms with Crippen LogP contribution in [0.2, 0.25) is 0 Å². The molecule has 9 nitrogen and oxygen atoms in total. The average molecular weight is 605 g/mol. The zero-order valence-corrected chi connectivity index (χ0v) is 24.2. The second-order valence-corrected chi connectivity index (χ2v) is 14.3. The van der Waals surface area contributed by atoms with Crippen molar-refractivity contribution >= 4 is 33.4 Å². The van der Waals surface area contributed by atoms with Crippen LogP contribution in [-0.4, -0.2) is 60.5 Å². The summed E-state index contributed by atoms with van der Waals surface area (Å²) in [7, 11) is -3.83. The molecule has 1 aromatic carbocycles. The summed E-state index contributed by atoms with van der Waals surface area (Å²) >= 11 is 0. The Balaban J connectivity index is 1.53. The van der Waals surface area contributed by atoms with Gasteiger partial charge in [0.2, 0.25) is 21.8 Å². The van der Waals surface area contributed by atoms with Crippen molar-refractivity contribution in [1.82, 2.24) is 14.9 Å². The Kier molecular flexibility index (Phi) is 8.13. The first-order valence-electron chi connectivity index (χ1n) is 13.7. The Morgan fingerprint density at radius 1 is 1.10 bits per heavy atom. The molecule has 14 heteroatoms. The van der Waals surface area contributed by atoms with Crippen LogP contribution in [0.1, 0.15) is 71.8 Å². The molecule has 2 saturated carbocycles. The van der Waals surface area contributed by atoms with E-state index in [9.17, 15) is 40.4 Å². The number of nitrogens with one attached hydrogen (secondary N) is 3. The molecular formula is C27H36F4N4O5S. The number of alkyl halides is 3.